The zero-order chi connectivity index (χ0) is 22.0. The van der Waals surface area contributed by atoms with Gasteiger partial charge in [0.15, 0.2) is 0 Å². The first kappa shape index (κ1) is 21.7. The second-order valence-electron chi connectivity index (χ2n) is 8.71. The van der Waals surface area contributed by atoms with Gasteiger partial charge in [-0.3, -0.25) is 4.79 Å². The molecule has 2 aromatic rings. The lowest BCUT2D eigenvalue weighted by Gasteiger charge is -2.34. The van der Waals surface area contributed by atoms with Gasteiger partial charge in [0.05, 0.1) is 0 Å². The van der Waals surface area contributed by atoms with Gasteiger partial charge in [0.1, 0.15) is 5.54 Å². The van der Waals surface area contributed by atoms with E-state index in [9.17, 15) is 9.59 Å². The third-order valence-electron chi connectivity index (χ3n) is 6.46. The molecule has 2 heterocycles. The molecule has 3 amide bonds. The van der Waals surface area contributed by atoms with Crippen molar-refractivity contribution in [1.29, 1.82) is 0 Å². The summed E-state index contributed by atoms with van der Waals surface area (Å²) in [5.41, 5.74) is 3.18. The van der Waals surface area contributed by atoms with E-state index >= 15 is 0 Å². The van der Waals surface area contributed by atoms with E-state index in [0.29, 0.717) is 23.7 Å². The Kier molecular flexibility index (Phi) is 6.21. The van der Waals surface area contributed by atoms with E-state index < -0.39 is 5.54 Å². The van der Waals surface area contributed by atoms with Gasteiger partial charge in [-0.2, -0.15) is 0 Å². The molecule has 0 aromatic heterocycles. The van der Waals surface area contributed by atoms with Crippen LogP contribution in [0.1, 0.15) is 30.9 Å². The van der Waals surface area contributed by atoms with Crippen LogP contribution < -0.4 is 10.6 Å². The molecular weight excluding hydrogens is 412 g/mol. The van der Waals surface area contributed by atoms with Crippen LogP contribution >= 0.6 is 11.6 Å². The van der Waals surface area contributed by atoms with Crippen molar-refractivity contribution in [3.05, 3.63) is 58.6 Å². The Labute approximate surface area is 188 Å². The number of benzene rings is 2. The third kappa shape index (κ3) is 4.70. The maximum Gasteiger partial charge on any atom is 0.322 e. The van der Waals surface area contributed by atoms with Gasteiger partial charge in [-0.1, -0.05) is 17.7 Å². The van der Waals surface area contributed by atoms with Crippen molar-refractivity contribution in [2.24, 2.45) is 0 Å². The predicted octanol–water partition coefficient (Wildman–Crippen LogP) is 4.40. The number of hydrogen-bond donors (Lipinski definition) is 2. The van der Waals surface area contributed by atoms with E-state index in [1.807, 2.05) is 13.0 Å². The van der Waals surface area contributed by atoms with Crippen LogP contribution in [-0.2, 0) is 17.6 Å². The van der Waals surface area contributed by atoms with Gasteiger partial charge in [0.25, 0.3) is 0 Å². The fourth-order valence-electron chi connectivity index (χ4n) is 4.43. The maximum absolute atomic E-state index is 13.3. The van der Waals surface area contributed by atoms with Crippen LogP contribution in [0.3, 0.4) is 0 Å². The highest BCUT2D eigenvalue weighted by atomic mass is 35.5. The number of anilines is 2. The molecule has 1 fully saturated rings. The summed E-state index contributed by atoms with van der Waals surface area (Å²) < 4.78 is 0. The number of amides is 3. The summed E-state index contributed by atoms with van der Waals surface area (Å²) in [6.07, 6.45) is 3.41. The molecule has 0 saturated carbocycles. The van der Waals surface area contributed by atoms with Crippen molar-refractivity contribution in [2.45, 2.75) is 38.1 Å². The first-order valence-corrected chi connectivity index (χ1v) is 11.2. The number of hydrogen-bond acceptors (Lipinski definition) is 3. The fourth-order valence-corrected chi connectivity index (χ4v) is 4.56. The molecule has 4 rings (SSSR count). The summed E-state index contributed by atoms with van der Waals surface area (Å²) in [6.45, 7) is 4.45. The molecular formula is C24H29ClN4O2. The van der Waals surface area contributed by atoms with Crippen LogP contribution in [0.2, 0.25) is 5.02 Å². The number of rotatable bonds is 3. The Morgan fingerprint density at radius 3 is 2.35 bits per heavy atom. The summed E-state index contributed by atoms with van der Waals surface area (Å²) in [7, 11) is 2.14. The van der Waals surface area contributed by atoms with Gasteiger partial charge in [-0.25, -0.2) is 4.79 Å². The Bertz CT molecular complexity index is 978. The van der Waals surface area contributed by atoms with Crippen LogP contribution in [0.4, 0.5) is 16.2 Å². The minimum Gasteiger partial charge on any atom is -0.324 e. The summed E-state index contributed by atoms with van der Waals surface area (Å²) in [4.78, 5) is 30.2. The lowest BCUT2D eigenvalue weighted by atomic mass is 9.97. The first-order valence-electron chi connectivity index (χ1n) is 10.8. The van der Waals surface area contributed by atoms with Gasteiger partial charge < -0.3 is 20.4 Å². The highest BCUT2D eigenvalue weighted by Gasteiger charge is 2.45. The van der Waals surface area contributed by atoms with Gasteiger partial charge in [0, 0.05) is 36.0 Å². The Morgan fingerprint density at radius 2 is 1.61 bits per heavy atom. The largest absolute Gasteiger partial charge is 0.324 e. The predicted molar refractivity (Wildman–Crippen MR) is 125 cm³/mol. The minimum absolute atomic E-state index is 0.151. The minimum atomic E-state index is -0.899. The smallest absolute Gasteiger partial charge is 0.322 e. The quantitative estimate of drug-likeness (QED) is 0.743. The average molecular weight is 441 g/mol. The number of carbonyl (C=O) groups excluding carboxylic acids is 2. The van der Waals surface area contributed by atoms with Crippen molar-refractivity contribution in [1.82, 2.24) is 9.80 Å². The molecule has 1 atom stereocenters. The molecule has 0 aliphatic carbocycles. The second-order valence-corrected chi connectivity index (χ2v) is 9.14. The lowest BCUT2D eigenvalue weighted by molar-refractivity contribution is -0.124. The molecule has 0 unspecified atom stereocenters. The fraction of sp³-hybridized carbons (Fsp3) is 0.417. The second kappa shape index (κ2) is 8.89. The van der Waals surface area contributed by atoms with E-state index in [1.165, 1.54) is 11.1 Å². The van der Waals surface area contributed by atoms with Gasteiger partial charge in [-0.15, -0.1) is 0 Å². The zero-order valence-electron chi connectivity index (χ0n) is 18.1. The summed E-state index contributed by atoms with van der Waals surface area (Å²) in [5, 5.41) is 6.56. The van der Waals surface area contributed by atoms with Crippen LogP contribution in [-0.4, -0.2) is 54.0 Å². The molecule has 0 spiro atoms. The molecule has 2 aliphatic rings. The van der Waals surface area contributed by atoms with E-state index in [1.54, 1.807) is 29.2 Å². The standard InChI is InChI=1S/C24H29ClN4O2/c1-24(12-3-13-29(24)23(31)27-20-8-5-19(25)6-9-20)22(30)26-21-7-4-17-10-14-28(2)15-11-18(17)16-21/h4-9,16H,3,10-15H2,1-2H3,(H,26,30)(H,27,31)/t24-/m1/s1. The van der Waals surface area contributed by atoms with Crippen molar-refractivity contribution in [2.75, 3.05) is 37.3 Å². The Morgan fingerprint density at radius 1 is 0.935 bits per heavy atom. The van der Waals surface area contributed by atoms with Crippen LogP contribution in [0, 0.1) is 0 Å². The summed E-state index contributed by atoms with van der Waals surface area (Å²) in [5.74, 6) is -0.151. The number of halogens is 1. The number of urea groups is 1. The van der Waals surface area contributed by atoms with E-state index in [2.05, 4.69) is 34.7 Å². The van der Waals surface area contributed by atoms with Crippen molar-refractivity contribution in [3.8, 4) is 0 Å². The van der Waals surface area contributed by atoms with E-state index in [0.717, 1.165) is 38.0 Å². The highest BCUT2D eigenvalue weighted by molar-refractivity contribution is 6.30. The van der Waals surface area contributed by atoms with Crippen LogP contribution in [0.15, 0.2) is 42.5 Å². The molecule has 7 heteroatoms. The Balaban J connectivity index is 1.46. The molecule has 2 N–H and O–H groups in total. The van der Waals surface area contributed by atoms with E-state index in [-0.39, 0.29) is 11.9 Å². The van der Waals surface area contributed by atoms with E-state index in [4.69, 9.17) is 11.6 Å². The molecule has 0 bridgehead atoms. The topological polar surface area (TPSA) is 64.7 Å². The molecule has 6 nitrogen and oxygen atoms in total. The molecule has 2 aliphatic heterocycles. The normalized spacial score (nSPS) is 21.3. The summed E-state index contributed by atoms with van der Waals surface area (Å²) >= 11 is 5.92. The number of fused-ring (bicyclic) bond motifs is 1. The van der Waals surface area contributed by atoms with Crippen molar-refractivity contribution >= 4 is 34.9 Å². The van der Waals surface area contributed by atoms with Crippen LogP contribution in [0.5, 0.6) is 0 Å². The summed E-state index contributed by atoms with van der Waals surface area (Å²) in [6, 6.07) is 12.9. The third-order valence-corrected chi connectivity index (χ3v) is 6.71. The highest BCUT2D eigenvalue weighted by Crippen LogP contribution is 2.32. The SMILES string of the molecule is CN1CCc2ccc(NC(=O)[C@@]3(C)CCCN3C(=O)Nc3ccc(Cl)cc3)cc2CC1. The van der Waals surface area contributed by atoms with Crippen molar-refractivity contribution in [3.63, 3.8) is 0 Å². The molecule has 2 aromatic carbocycles. The van der Waals surface area contributed by atoms with Crippen molar-refractivity contribution < 1.29 is 9.59 Å². The maximum atomic E-state index is 13.3. The monoisotopic (exact) mass is 440 g/mol. The first-order chi connectivity index (χ1) is 14.8. The number of carbonyl (C=O) groups is 2. The number of likely N-dealkylation sites (tertiary alicyclic amines) is 1. The molecule has 164 valence electrons. The Hall–Kier alpha value is -2.57. The molecule has 1 saturated heterocycles. The number of nitrogens with zero attached hydrogens (tertiary/aromatic N) is 2. The zero-order valence-corrected chi connectivity index (χ0v) is 18.8. The number of likely N-dealkylation sites (N-methyl/N-ethyl adjacent to an activating group) is 1. The molecule has 31 heavy (non-hydrogen) atoms. The number of nitrogens with one attached hydrogen (secondary N) is 2. The lowest BCUT2D eigenvalue weighted by Crippen LogP contribution is -2.54. The van der Waals surface area contributed by atoms with Gasteiger partial charge in [-0.05, 0) is 87.2 Å². The average Bonchev–Trinajstić information content (AvgIpc) is 3.06. The van der Waals surface area contributed by atoms with Crippen LogP contribution in [0.25, 0.3) is 0 Å². The van der Waals surface area contributed by atoms with Gasteiger partial charge in [0.2, 0.25) is 5.91 Å². The van der Waals surface area contributed by atoms with Gasteiger partial charge >= 0.3 is 6.03 Å². The molecule has 0 radical (unpaired) electrons.